The summed E-state index contributed by atoms with van der Waals surface area (Å²) < 4.78 is 19.3. The number of nitrogens with zero attached hydrogens (tertiary/aromatic N) is 3. The number of amides is 3. The van der Waals surface area contributed by atoms with Crippen molar-refractivity contribution in [1.82, 2.24) is 14.7 Å². The summed E-state index contributed by atoms with van der Waals surface area (Å²) in [5.41, 5.74) is -0.172. The van der Waals surface area contributed by atoms with Gasteiger partial charge >= 0.3 is 6.03 Å². The van der Waals surface area contributed by atoms with Crippen LogP contribution in [-0.4, -0.2) is 66.0 Å². The van der Waals surface area contributed by atoms with Crippen molar-refractivity contribution in [3.63, 3.8) is 0 Å². The molecular formula is C20H28FN3O3. The van der Waals surface area contributed by atoms with Crippen molar-refractivity contribution >= 4 is 11.9 Å². The number of likely N-dealkylation sites (N-methyl/N-ethyl adjacent to an activating group) is 1. The van der Waals surface area contributed by atoms with Gasteiger partial charge in [-0.2, -0.15) is 0 Å². The number of methoxy groups -OCH3 is 1. The largest absolute Gasteiger partial charge is 0.497 e. The van der Waals surface area contributed by atoms with Crippen LogP contribution >= 0.6 is 0 Å². The molecule has 148 valence electrons. The number of carbonyl (C=O) groups is 2. The smallest absolute Gasteiger partial charge is 0.327 e. The van der Waals surface area contributed by atoms with Crippen LogP contribution in [0.1, 0.15) is 32.3 Å². The number of hydrogen-bond acceptors (Lipinski definition) is 4. The molecule has 0 unspecified atom stereocenters. The molecule has 2 aliphatic heterocycles. The van der Waals surface area contributed by atoms with Gasteiger partial charge in [0.1, 0.15) is 17.1 Å². The van der Waals surface area contributed by atoms with Gasteiger partial charge in [0.05, 0.1) is 7.11 Å². The van der Waals surface area contributed by atoms with Crippen molar-refractivity contribution in [3.05, 3.63) is 29.6 Å². The molecule has 2 fully saturated rings. The fourth-order valence-corrected chi connectivity index (χ4v) is 4.10. The third kappa shape index (κ3) is 3.52. The van der Waals surface area contributed by atoms with Gasteiger partial charge in [-0.25, -0.2) is 9.18 Å². The lowest BCUT2D eigenvalue weighted by molar-refractivity contribution is -0.135. The normalized spacial score (nSPS) is 20.2. The number of halogens is 1. The zero-order valence-electron chi connectivity index (χ0n) is 16.5. The Labute approximate surface area is 159 Å². The van der Waals surface area contributed by atoms with E-state index in [4.69, 9.17) is 4.74 Å². The van der Waals surface area contributed by atoms with Crippen LogP contribution < -0.4 is 4.74 Å². The topological polar surface area (TPSA) is 53.1 Å². The van der Waals surface area contributed by atoms with E-state index in [2.05, 4.69) is 4.90 Å². The first kappa shape index (κ1) is 19.6. The molecule has 0 radical (unpaired) electrons. The van der Waals surface area contributed by atoms with Crippen molar-refractivity contribution in [3.8, 4) is 5.75 Å². The lowest BCUT2D eigenvalue weighted by Crippen LogP contribution is -2.57. The zero-order chi connectivity index (χ0) is 19.8. The van der Waals surface area contributed by atoms with Gasteiger partial charge in [-0.3, -0.25) is 14.6 Å². The Morgan fingerprint density at radius 3 is 2.48 bits per heavy atom. The van der Waals surface area contributed by atoms with Crippen molar-refractivity contribution < 1.29 is 18.7 Å². The van der Waals surface area contributed by atoms with E-state index in [-0.39, 0.29) is 23.7 Å². The number of imide groups is 1. The second-order valence-electron chi connectivity index (χ2n) is 7.92. The third-order valence-electron chi connectivity index (χ3n) is 5.62. The van der Waals surface area contributed by atoms with Gasteiger partial charge in [0, 0.05) is 38.8 Å². The molecule has 0 bridgehead atoms. The molecule has 1 spiro atoms. The number of rotatable bonds is 5. The van der Waals surface area contributed by atoms with E-state index in [1.54, 1.807) is 31.2 Å². The fraction of sp³-hybridized carbons (Fsp3) is 0.600. The van der Waals surface area contributed by atoms with E-state index in [1.807, 2.05) is 13.8 Å². The Hall–Kier alpha value is -2.15. The molecule has 2 saturated heterocycles. The van der Waals surface area contributed by atoms with Gasteiger partial charge in [0.25, 0.3) is 5.91 Å². The highest BCUT2D eigenvalue weighted by atomic mass is 19.1. The van der Waals surface area contributed by atoms with Crippen molar-refractivity contribution in [2.45, 2.75) is 38.8 Å². The van der Waals surface area contributed by atoms with Gasteiger partial charge < -0.3 is 9.64 Å². The van der Waals surface area contributed by atoms with E-state index in [9.17, 15) is 14.0 Å². The van der Waals surface area contributed by atoms with Crippen LogP contribution in [0.25, 0.3) is 0 Å². The van der Waals surface area contributed by atoms with Gasteiger partial charge in [-0.1, -0.05) is 13.8 Å². The van der Waals surface area contributed by atoms with E-state index in [0.717, 1.165) is 0 Å². The number of likely N-dealkylation sites (tertiary alicyclic amines) is 1. The third-order valence-corrected chi connectivity index (χ3v) is 5.62. The predicted molar refractivity (Wildman–Crippen MR) is 99.9 cm³/mol. The molecule has 0 N–H and O–H groups in total. The number of piperidine rings is 1. The van der Waals surface area contributed by atoms with Gasteiger partial charge in [0.15, 0.2) is 0 Å². The maximum absolute atomic E-state index is 14.1. The van der Waals surface area contributed by atoms with Crippen LogP contribution in [0.4, 0.5) is 9.18 Å². The molecule has 6 nitrogen and oxygen atoms in total. The lowest BCUT2D eigenvalue weighted by Gasteiger charge is -2.42. The second-order valence-corrected chi connectivity index (χ2v) is 7.92. The van der Waals surface area contributed by atoms with Crippen molar-refractivity contribution in [2.75, 3.05) is 33.8 Å². The minimum Gasteiger partial charge on any atom is -0.497 e. The van der Waals surface area contributed by atoms with Crippen LogP contribution in [-0.2, 0) is 11.3 Å². The first-order chi connectivity index (χ1) is 12.8. The minimum atomic E-state index is -0.750. The summed E-state index contributed by atoms with van der Waals surface area (Å²) in [7, 11) is 3.12. The molecule has 0 atom stereocenters. The summed E-state index contributed by atoms with van der Waals surface area (Å²) >= 11 is 0. The molecule has 0 aliphatic carbocycles. The highest BCUT2D eigenvalue weighted by molar-refractivity contribution is 6.06. The summed E-state index contributed by atoms with van der Waals surface area (Å²) in [6.45, 7) is 6.39. The molecule has 0 saturated carbocycles. The number of benzene rings is 1. The lowest BCUT2D eigenvalue weighted by atomic mass is 9.85. The number of ether oxygens (including phenoxy) is 1. The van der Waals surface area contributed by atoms with E-state index >= 15 is 0 Å². The highest BCUT2D eigenvalue weighted by Gasteiger charge is 2.56. The second kappa shape index (κ2) is 7.46. The van der Waals surface area contributed by atoms with Gasteiger partial charge in [-0.05, 0) is 37.0 Å². The molecular weight excluding hydrogens is 349 g/mol. The molecule has 3 rings (SSSR count). The summed E-state index contributed by atoms with van der Waals surface area (Å²) in [6.07, 6.45) is 1.14. The molecule has 7 heteroatoms. The van der Waals surface area contributed by atoms with Crippen LogP contribution in [0.3, 0.4) is 0 Å². The maximum Gasteiger partial charge on any atom is 0.327 e. The van der Waals surface area contributed by atoms with Crippen LogP contribution in [0.15, 0.2) is 18.2 Å². The summed E-state index contributed by atoms with van der Waals surface area (Å²) in [6, 6.07) is 4.52. The van der Waals surface area contributed by atoms with Gasteiger partial charge in [0.2, 0.25) is 0 Å². The van der Waals surface area contributed by atoms with Crippen molar-refractivity contribution in [2.24, 2.45) is 5.92 Å². The fourth-order valence-electron chi connectivity index (χ4n) is 4.10. The molecule has 1 aromatic carbocycles. The van der Waals surface area contributed by atoms with Crippen LogP contribution in [0.2, 0.25) is 0 Å². The Balaban J connectivity index is 1.73. The number of hydrogen-bond donors (Lipinski definition) is 0. The summed E-state index contributed by atoms with van der Waals surface area (Å²) in [5.74, 6) is 0.542. The molecule has 1 aromatic rings. The first-order valence-corrected chi connectivity index (χ1v) is 9.43. The van der Waals surface area contributed by atoms with E-state index in [0.29, 0.717) is 50.3 Å². The Kier molecular flexibility index (Phi) is 5.42. The van der Waals surface area contributed by atoms with Gasteiger partial charge in [-0.15, -0.1) is 0 Å². The highest BCUT2D eigenvalue weighted by Crippen LogP contribution is 2.37. The quantitative estimate of drug-likeness (QED) is 0.741. The van der Waals surface area contributed by atoms with E-state index in [1.165, 1.54) is 11.0 Å². The molecule has 0 aromatic heterocycles. The maximum atomic E-state index is 14.1. The van der Waals surface area contributed by atoms with E-state index < -0.39 is 5.54 Å². The molecule has 27 heavy (non-hydrogen) atoms. The Morgan fingerprint density at radius 2 is 1.89 bits per heavy atom. The molecule has 2 heterocycles. The van der Waals surface area contributed by atoms with Crippen LogP contribution in [0, 0.1) is 11.7 Å². The number of carbonyl (C=O) groups excluding carboxylic acids is 2. The Bertz CT molecular complexity index is 729. The monoisotopic (exact) mass is 377 g/mol. The molecule has 3 amide bonds. The Morgan fingerprint density at radius 1 is 1.22 bits per heavy atom. The van der Waals surface area contributed by atoms with Crippen LogP contribution in [0.5, 0.6) is 5.75 Å². The predicted octanol–water partition coefficient (Wildman–Crippen LogP) is 2.72. The first-order valence-electron chi connectivity index (χ1n) is 9.43. The minimum absolute atomic E-state index is 0.111. The summed E-state index contributed by atoms with van der Waals surface area (Å²) in [5, 5.41) is 0. The van der Waals surface area contributed by atoms with Crippen molar-refractivity contribution in [1.29, 1.82) is 0 Å². The number of urea groups is 1. The SMILES string of the molecule is COc1ccc(F)c(CN2CCC3(CC2)C(=O)N(C)C(=O)N3CC(C)C)c1. The summed E-state index contributed by atoms with van der Waals surface area (Å²) in [4.78, 5) is 30.6. The molecule has 2 aliphatic rings. The standard InChI is InChI=1S/C20H28FN3O3/c1-14(2)12-24-19(26)22(3)18(25)20(24)7-9-23(10-8-20)13-15-11-16(27-4)5-6-17(15)21/h5-6,11,14H,7-10,12-13H2,1-4H3. The zero-order valence-corrected chi connectivity index (χ0v) is 16.5. The average molecular weight is 377 g/mol. The average Bonchev–Trinajstić information content (AvgIpc) is 2.81.